The predicted octanol–water partition coefficient (Wildman–Crippen LogP) is 4.59. The van der Waals surface area contributed by atoms with E-state index >= 15 is 0 Å². The normalized spacial score (nSPS) is 11.9. The Morgan fingerprint density at radius 1 is 0.826 bits per heavy atom. The first-order valence-corrected chi connectivity index (χ1v) is 7.57. The Balaban J connectivity index is 2.26. The molecule has 0 aliphatic rings. The molecular formula is C20H13NO2. The summed E-state index contributed by atoms with van der Waals surface area (Å²) in [5, 5.41) is 4.33. The summed E-state index contributed by atoms with van der Waals surface area (Å²) in [6.45, 7) is 0. The van der Waals surface area contributed by atoms with Gasteiger partial charge < -0.3 is 8.98 Å². The van der Waals surface area contributed by atoms with E-state index in [-0.39, 0.29) is 5.43 Å². The van der Waals surface area contributed by atoms with Crippen molar-refractivity contribution in [2.75, 3.05) is 0 Å². The van der Waals surface area contributed by atoms with Crippen LogP contribution < -0.4 is 5.43 Å². The van der Waals surface area contributed by atoms with Gasteiger partial charge in [0.1, 0.15) is 11.2 Å². The van der Waals surface area contributed by atoms with Gasteiger partial charge in [-0.05, 0) is 35.7 Å². The molecule has 5 rings (SSSR count). The quantitative estimate of drug-likeness (QED) is 0.309. The van der Waals surface area contributed by atoms with Crippen LogP contribution in [0.4, 0.5) is 0 Å². The van der Waals surface area contributed by atoms with Crippen LogP contribution in [0.2, 0.25) is 0 Å². The summed E-state index contributed by atoms with van der Waals surface area (Å²) in [6, 6.07) is 19.3. The summed E-state index contributed by atoms with van der Waals surface area (Å²) in [7, 11) is 2.01. The lowest BCUT2D eigenvalue weighted by Gasteiger charge is -2.16. The number of benzene rings is 3. The second-order valence-electron chi connectivity index (χ2n) is 5.86. The maximum absolute atomic E-state index is 11.9. The molecule has 0 unspecified atom stereocenters. The fraction of sp³-hybridized carbons (Fsp3) is 0.0500. The van der Waals surface area contributed by atoms with Crippen LogP contribution in [0, 0.1) is 0 Å². The third-order valence-electron chi connectivity index (χ3n) is 4.58. The number of nitrogens with zero attached hydrogens (tertiary/aromatic N) is 1. The monoisotopic (exact) mass is 299 g/mol. The van der Waals surface area contributed by atoms with Crippen LogP contribution >= 0.6 is 0 Å². The van der Waals surface area contributed by atoms with Gasteiger partial charge in [-0.2, -0.15) is 0 Å². The number of hydrogen-bond donors (Lipinski definition) is 0. The van der Waals surface area contributed by atoms with E-state index in [2.05, 4.69) is 16.7 Å². The lowest BCUT2D eigenvalue weighted by Crippen LogP contribution is -2.03. The number of fused-ring (bicyclic) bond motifs is 4. The molecule has 0 radical (unpaired) electrons. The molecule has 0 aliphatic heterocycles. The smallest absolute Gasteiger partial charge is 0.180 e. The fourth-order valence-corrected chi connectivity index (χ4v) is 3.57. The standard InChI is InChI=1S/C20H13NO2/c1-21-16-11-12(22)9-10-13(16)14-6-4-8-18-19(14)20(21)15-5-2-3-7-17(15)23-18/h2-11H,1H3. The van der Waals surface area contributed by atoms with Crippen LogP contribution in [-0.4, -0.2) is 4.57 Å². The van der Waals surface area contributed by atoms with Gasteiger partial charge in [-0.1, -0.05) is 24.3 Å². The Morgan fingerprint density at radius 3 is 2.52 bits per heavy atom. The van der Waals surface area contributed by atoms with Gasteiger partial charge in [0.05, 0.1) is 11.0 Å². The number of aryl methyl sites for hydroxylation is 1. The third-order valence-corrected chi connectivity index (χ3v) is 4.58. The molecule has 5 aromatic rings. The van der Waals surface area contributed by atoms with E-state index in [9.17, 15) is 4.79 Å². The second kappa shape index (κ2) is 4.23. The second-order valence-corrected chi connectivity index (χ2v) is 5.86. The average Bonchev–Trinajstić information content (AvgIpc) is 2.58. The van der Waals surface area contributed by atoms with Crippen LogP contribution in [0.15, 0.2) is 69.9 Å². The van der Waals surface area contributed by atoms with Crippen molar-refractivity contribution in [1.82, 2.24) is 4.57 Å². The minimum Gasteiger partial charge on any atom is -0.456 e. The predicted molar refractivity (Wildman–Crippen MR) is 94.0 cm³/mol. The molecule has 3 nitrogen and oxygen atoms in total. The summed E-state index contributed by atoms with van der Waals surface area (Å²) in [5.74, 6) is 0. The first kappa shape index (κ1) is 12.5. The van der Waals surface area contributed by atoms with E-state index < -0.39 is 0 Å². The molecule has 0 spiro atoms. The van der Waals surface area contributed by atoms with Gasteiger partial charge in [0, 0.05) is 29.3 Å². The molecule has 110 valence electrons. The largest absolute Gasteiger partial charge is 0.456 e. The molecule has 0 bridgehead atoms. The minimum absolute atomic E-state index is 0.0242. The van der Waals surface area contributed by atoms with Crippen molar-refractivity contribution >= 4 is 43.7 Å². The Kier molecular flexibility index (Phi) is 2.29. The molecule has 0 amide bonds. The Hall–Kier alpha value is -3.07. The third kappa shape index (κ3) is 1.56. The first-order chi connectivity index (χ1) is 11.2. The number of aromatic nitrogens is 1. The molecule has 3 heteroatoms. The van der Waals surface area contributed by atoms with Crippen molar-refractivity contribution in [3.05, 3.63) is 70.9 Å². The molecule has 0 fully saturated rings. The maximum Gasteiger partial charge on any atom is 0.180 e. The zero-order valence-corrected chi connectivity index (χ0v) is 12.5. The molecule has 0 saturated carbocycles. The molecule has 0 N–H and O–H groups in total. The highest BCUT2D eigenvalue weighted by Gasteiger charge is 2.14. The van der Waals surface area contributed by atoms with E-state index in [0.29, 0.717) is 0 Å². The molecule has 23 heavy (non-hydrogen) atoms. The minimum atomic E-state index is 0.0242. The van der Waals surface area contributed by atoms with Gasteiger partial charge in [0.25, 0.3) is 0 Å². The Bertz CT molecular complexity index is 1290. The average molecular weight is 299 g/mol. The van der Waals surface area contributed by atoms with Crippen molar-refractivity contribution in [2.45, 2.75) is 0 Å². The summed E-state index contributed by atoms with van der Waals surface area (Å²) in [5.41, 5.74) is 3.76. The van der Waals surface area contributed by atoms with Crippen molar-refractivity contribution < 1.29 is 4.42 Å². The summed E-state index contributed by atoms with van der Waals surface area (Å²) in [6.07, 6.45) is 0. The number of para-hydroxylation sites is 1. The lowest BCUT2D eigenvalue weighted by atomic mass is 10.0. The van der Waals surface area contributed by atoms with Crippen LogP contribution in [0.3, 0.4) is 0 Å². The van der Waals surface area contributed by atoms with E-state index in [1.165, 1.54) is 0 Å². The highest BCUT2D eigenvalue weighted by atomic mass is 16.3. The maximum atomic E-state index is 11.9. The van der Waals surface area contributed by atoms with Gasteiger partial charge in [0.2, 0.25) is 0 Å². The van der Waals surface area contributed by atoms with Crippen LogP contribution in [0.5, 0.6) is 0 Å². The molecular weight excluding hydrogens is 286 g/mol. The Labute approximate surface area is 131 Å². The van der Waals surface area contributed by atoms with Crippen molar-refractivity contribution in [1.29, 1.82) is 0 Å². The number of pyridine rings is 1. The van der Waals surface area contributed by atoms with Gasteiger partial charge in [-0.25, -0.2) is 0 Å². The van der Waals surface area contributed by atoms with Crippen LogP contribution in [-0.2, 0) is 7.05 Å². The molecule has 0 atom stereocenters. The highest BCUT2D eigenvalue weighted by molar-refractivity contribution is 6.23. The Morgan fingerprint density at radius 2 is 1.61 bits per heavy atom. The molecule has 2 aromatic heterocycles. The van der Waals surface area contributed by atoms with E-state index in [1.807, 2.05) is 43.4 Å². The number of rotatable bonds is 0. The number of hydrogen-bond acceptors (Lipinski definition) is 2. The van der Waals surface area contributed by atoms with Gasteiger partial charge in [-0.15, -0.1) is 0 Å². The first-order valence-electron chi connectivity index (χ1n) is 7.57. The topological polar surface area (TPSA) is 35.1 Å². The van der Waals surface area contributed by atoms with Gasteiger partial charge >= 0.3 is 0 Å². The molecule has 3 aromatic carbocycles. The van der Waals surface area contributed by atoms with E-state index in [4.69, 9.17) is 4.42 Å². The summed E-state index contributed by atoms with van der Waals surface area (Å²) >= 11 is 0. The van der Waals surface area contributed by atoms with Crippen molar-refractivity contribution in [2.24, 2.45) is 7.05 Å². The zero-order valence-electron chi connectivity index (χ0n) is 12.5. The van der Waals surface area contributed by atoms with E-state index in [1.54, 1.807) is 12.1 Å². The molecule has 0 saturated heterocycles. The SMILES string of the molecule is Cn1c2cc(=O)ccc2c2cccc3oc4ccccc4c1c32. The van der Waals surface area contributed by atoms with Crippen LogP contribution in [0.25, 0.3) is 43.7 Å². The fourth-order valence-electron chi connectivity index (χ4n) is 3.57. The molecule has 2 heterocycles. The zero-order chi connectivity index (χ0) is 15.6. The van der Waals surface area contributed by atoms with Gasteiger partial charge in [-0.3, -0.25) is 4.79 Å². The van der Waals surface area contributed by atoms with E-state index in [0.717, 1.165) is 43.7 Å². The van der Waals surface area contributed by atoms with Gasteiger partial charge in [0.15, 0.2) is 5.43 Å². The van der Waals surface area contributed by atoms with Crippen LogP contribution in [0.1, 0.15) is 0 Å². The highest BCUT2D eigenvalue weighted by Crippen LogP contribution is 2.36. The van der Waals surface area contributed by atoms with Crippen molar-refractivity contribution in [3.63, 3.8) is 0 Å². The summed E-state index contributed by atoms with van der Waals surface area (Å²) in [4.78, 5) is 11.9. The lowest BCUT2D eigenvalue weighted by molar-refractivity contribution is 0.661. The summed E-state index contributed by atoms with van der Waals surface area (Å²) < 4.78 is 8.20. The molecule has 0 aliphatic carbocycles. The van der Waals surface area contributed by atoms with Crippen molar-refractivity contribution in [3.8, 4) is 0 Å².